The van der Waals surface area contributed by atoms with Crippen molar-refractivity contribution in [3.05, 3.63) is 66.0 Å². The predicted octanol–water partition coefficient (Wildman–Crippen LogP) is 2.87. The van der Waals surface area contributed by atoms with Crippen molar-refractivity contribution in [3.63, 3.8) is 0 Å². The summed E-state index contributed by atoms with van der Waals surface area (Å²) in [7, 11) is 0. The number of nitrogens with two attached hydrogens (primary N) is 1. The molecule has 22 heavy (non-hydrogen) atoms. The molecule has 1 amide bonds. The third kappa shape index (κ3) is 2.03. The SMILES string of the molecule is NC(=O)c1ccc2c(c1)NC(c1cc3ccccc3cn1)N2. The molecule has 0 saturated carbocycles. The minimum Gasteiger partial charge on any atom is -0.366 e. The summed E-state index contributed by atoms with van der Waals surface area (Å²) in [4.78, 5) is 15.8. The Kier molecular flexibility index (Phi) is 2.72. The Morgan fingerprint density at radius 2 is 1.77 bits per heavy atom. The Balaban J connectivity index is 1.68. The topological polar surface area (TPSA) is 80.0 Å². The Morgan fingerprint density at radius 3 is 2.59 bits per heavy atom. The lowest BCUT2D eigenvalue weighted by Crippen LogP contribution is -2.13. The second kappa shape index (κ2) is 4.73. The Hall–Kier alpha value is -3.08. The van der Waals surface area contributed by atoms with Crippen LogP contribution >= 0.6 is 0 Å². The van der Waals surface area contributed by atoms with Gasteiger partial charge in [-0.2, -0.15) is 0 Å². The summed E-state index contributed by atoms with van der Waals surface area (Å²) in [5, 5.41) is 8.94. The van der Waals surface area contributed by atoms with Crippen molar-refractivity contribution in [1.29, 1.82) is 0 Å². The van der Waals surface area contributed by atoms with Crippen molar-refractivity contribution in [1.82, 2.24) is 4.98 Å². The number of hydrogen-bond acceptors (Lipinski definition) is 4. The normalized spacial score (nSPS) is 15.9. The summed E-state index contributed by atoms with van der Waals surface area (Å²) in [6.45, 7) is 0. The number of amides is 1. The number of nitrogens with one attached hydrogen (secondary N) is 2. The number of aromatic nitrogens is 1. The van der Waals surface area contributed by atoms with Crippen LogP contribution in [-0.4, -0.2) is 10.9 Å². The third-order valence-electron chi connectivity index (χ3n) is 3.85. The zero-order valence-corrected chi connectivity index (χ0v) is 11.7. The lowest BCUT2D eigenvalue weighted by molar-refractivity contribution is 0.100. The molecule has 0 saturated heterocycles. The van der Waals surface area contributed by atoms with Crippen molar-refractivity contribution < 1.29 is 4.79 Å². The number of nitrogens with zero attached hydrogens (tertiary/aromatic N) is 1. The first-order chi connectivity index (χ1) is 10.7. The van der Waals surface area contributed by atoms with E-state index in [9.17, 15) is 4.79 Å². The molecule has 2 aromatic carbocycles. The smallest absolute Gasteiger partial charge is 0.248 e. The molecule has 108 valence electrons. The molecule has 0 fully saturated rings. The highest BCUT2D eigenvalue weighted by molar-refractivity contribution is 5.95. The van der Waals surface area contributed by atoms with Gasteiger partial charge in [-0.05, 0) is 29.7 Å². The van der Waals surface area contributed by atoms with E-state index in [1.165, 1.54) is 0 Å². The summed E-state index contributed by atoms with van der Waals surface area (Å²) >= 11 is 0. The van der Waals surface area contributed by atoms with Gasteiger partial charge in [-0.15, -0.1) is 0 Å². The van der Waals surface area contributed by atoms with E-state index in [1.807, 2.05) is 30.5 Å². The molecule has 5 nitrogen and oxygen atoms in total. The van der Waals surface area contributed by atoms with Crippen LogP contribution in [0.3, 0.4) is 0 Å². The molecule has 1 unspecified atom stereocenters. The lowest BCUT2D eigenvalue weighted by Gasteiger charge is -2.12. The van der Waals surface area contributed by atoms with Gasteiger partial charge in [-0.1, -0.05) is 24.3 Å². The van der Waals surface area contributed by atoms with Crippen molar-refractivity contribution in [2.24, 2.45) is 5.73 Å². The molecule has 0 spiro atoms. The largest absolute Gasteiger partial charge is 0.366 e. The zero-order valence-electron chi connectivity index (χ0n) is 11.7. The van der Waals surface area contributed by atoms with Gasteiger partial charge in [-0.25, -0.2) is 0 Å². The van der Waals surface area contributed by atoms with Crippen molar-refractivity contribution in [2.45, 2.75) is 6.17 Å². The summed E-state index contributed by atoms with van der Waals surface area (Å²) in [5.41, 5.74) is 8.49. The zero-order chi connectivity index (χ0) is 15.1. The van der Waals surface area contributed by atoms with Crippen molar-refractivity contribution >= 4 is 28.1 Å². The van der Waals surface area contributed by atoms with Gasteiger partial charge in [0.25, 0.3) is 0 Å². The van der Waals surface area contributed by atoms with E-state index in [1.54, 1.807) is 12.1 Å². The average Bonchev–Trinajstić information content (AvgIpc) is 2.97. The Morgan fingerprint density at radius 1 is 1.00 bits per heavy atom. The number of rotatable bonds is 2. The van der Waals surface area contributed by atoms with Gasteiger partial charge in [0, 0.05) is 17.1 Å². The molecule has 4 N–H and O–H groups in total. The van der Waals surface area contributed by atoms with Crippen LogP contribution in [0.15, 0.2) is 54.7 Å². The van der Waals surface area contributed by atoms with Crippen LogP contribution in [0.4, 0.5) is 11.4 Å². The first kappa shape index (κ1) is 12.6. The number of benzene rings is 2. The quantitative estimate of drug-likeness (QED) is 0.678. The molecule has 4 rings (SSSR count). The predicted molar refractivity (Wildman–Crippen MR) is 86.7 cm³/mol. The van der Waals surface area contributed by atoms with Crippen LogP contribution in [-0.2, 0) is 0 Å². The van der Waals surface area contributed by atoms with E-state index < -0.39 is 5.91 Å². The molecule has 1 aliphatic heterocycles. The van der Waals surface area contributed by atoms with E-state index in [0.717, 1.165) is 27.8 Å². The first-order valence-electron chi connectivity index (χ1n) is 7.02. The molecule has 1 aliphatic rings. The number of carbonyl (C=O) groups excluding carboxylic acids is 1. The second-order valence-electron chi connectivity index (χ2n) is 5.30. The number of anilines is 2. The summed E-state index contributed by atoms with van der Waals surface area (Å²) in [5.74, 6) is -0.433. The highest BCUT2D eigenvalue weighted by Crippen LogP contribution is 2.35. The molecule has 1 atom stereocenters. The number of carbonyl (C=O) groups is 1. The van der Waals surface area contributed by atoms with E-state index in [2.05, 4.69) is 27.8 Å². The maximum atomic E-state index is 11.3. The standard InChI is InChI=1S/C17H14N4O/c18-16(22)11-5-6-13-14(8-11)21-17(20-13)15-7-10-3-1-2-4-12(10)9-19-15/h1-9,17,20-21H,(H2,18,22). The molecule has 0 bridgehead atoms. The van der Waals surface area contributed by atoms with Gasteiger partial charge < -0.3 is 16.4 Å². The summed E-state index contributed by atoms with van der Waals surface area (Å²) in [6, 6.07) is 15.5. The van der Waals surface area contributed by atoms with Crippen molar-refractivity contribution in [3.8, 4) is 0 Å². The fourth-order valence-corrected chi connectivity index (χ4v) is 2.70. The van der Waals surface area contributed by atoms with Gasteiger partial charge in [0.15, 0.2) is 0 Å². The minimum atomic E-state index is -0.433. The fourth-order valence-electron chi connectivity index (χ4n) is 2.70. The molecule has 5 heteroatoms. The molecule has 2 heterocycles. The van der Waals surface area contributed by atoms with Gasteiger partial charge in [0.1, 0.15) is 6.17 Å². The fraction of sp³-hybridized carbons (Fsp3) is 0.0588. The van der Waals surface area contributed by atoms with Crippen LogP contribution in [0.25, 0.3) is 10.8 Å². The van der Waals surface area contributed by atoms with E-state index >= 15 is 0 Å². The van der Waals surface area contributed by atoms with E-state index in [0.29, 0.717) is 5.56 Å². The molecular formula is C17H14N4O. The van der Waals surface area contributed by atoms with Crippen LogP contribution in [0, 0.1) is 0 Å². The highest BCUT2D eigenvalue weighted by atomic mass is 16.1. The van der Waals surface area contributed by atoms with Gasteiger partial charge in [0.2, 0.25) is 5.91 Å². The molecular weight excluding hydrogens is 276 g/mol. The van der Waals surface area contributed by atoms with Gasteiger partial charge in [-0.3, -0.25) is 9.78 Å². The van der Waals surface area contributed by atoms with Crippen molar-refractivity contribution in [2.75, 3.05) is 10.6 Å². The molecule has 3 aromatic rings. The van der Waals surface area contributed by atoms with Crippen LogP contribution in [0.1, 0.15) is 22.2 Å². The van der Waals surface area contributed by atoms with E-state index in [4.69, 9.17) is 5.73 Å². The van der Waals surface area contributed by atoms with Gasteiger partial charge in [0.05, 0.1) is 17.1 Å². The Labute approximate surface area is 127 Å². The summed E-state index contributed by atoms with van der Waals surface area (Å²) in [6.07, 6.45) is 1.74. The van der Waals surface area contributed by atoms with Crippen LogP contribution < -0.4 is 16.4 Å². The monoisotopic (exact) mass is 290 g/mol. The number of fused-ring (bicyclic) bond motifs is 2. The van der Waals surface area contributed by atoms with Gasteiger partial charge >= 0.3 is 0 Å². The number of pyridine rings is 1. The first-order valence-corrected chi connectivity index (χ1v) is 7.02. The number of primary amides is 1. The van der Waals surface area contributed by atoms with E-state index in [-0.39, 0.29) is 6.17 Å². The lowest BCUT2D eigenvalue weighted by atomic mass is 10.1. The maximum absolute atomic E-state index is 11.3. The maximum Gasteiger partial charge on any atom is 0.248 e. The Bertz CT molecular complexity index is 891. The molecule has 0 aliphatic carbocycles. The average molecular weight is 290 g/mol. The van der Waals surface area contributed by atoms with Crippen LogP contribution in [0.5, 0.6) is 0 Å². The van der Waals surface area contributed by atoms with Crippen LogP contribution in [0.2, 0.25) is 0 Å². The molecule has 0 radical (unpaired) electrons. The third-order valence-corrected chi connectivity index (χ3v) is 3.85. The summed E-state index contributed by atoms with van der Waals surface area (Å²) < 4.78 is 0. The highest BCUT2D eigenvalue weighted by Gasteiger charge is 2.22. The molecule has 1 aromatic heterocycles. The number of hydrogen-bond donors (Lipinski definition) is 3. The second-order valence-corrected chi connectivity index (χ2v) is 5.30. The minimum absolute atomic E-state index is 0.122.